The van der Waals surface area contributed by atoms with Gasteiger partial charge in [0.05, 0.1) is 19.8 Å². The number of nitrogens with zero attached hydrogens (tertiary/aromatic N) is 3. The number of esters is 1. The molecule has 0 radical (unpaired) electrons. The number of azide groups is 1. The predicted molar refractivity (Wildman–Crippen MR) is 66.8 cm³/mol. The number of rotatable bonds is 5. The van der Waals surface area contributed by atoms with Crippen LogP contribution < -0.4 is 0 Å². The molecule has 6 nitrogen and oxygen atoms in total. The maximum atomic E-state index is 11.5. The van der Waals surface area contributed by atoms with Gasteiger partial charge in [0.15, 0.2) is 0 Å². The molecule has 1 rings (SSSR count). The highest BCUT2D eigenvalue weighted by molar-refractivity contribution is 5.88. The van der Waals surface area contributed by atoms with Gasteiger partial charge in [-0.15, -0.1) is 6.58 Å². The van der Waals surface area contributed by atoms with Crippen molar-refractivity contribution >= 4 is 5.97 Å². The van der Waals surface area contributed by atoms with Crippen molar-refractivity contribution in [3.8, 4) is 0 Å². The molecule has 1 aliphatic rings. The zero-order chi connectivity index (χ0) is 13.5. The third-order valence-electron chi connectivity index (χ3n) is 2.97. The van der Waals surface area contributed by atoms with E-state index in [4.69, 9.17) is 10.3 Å². The zero-order valence-electron chi connectivity index (χ0n) is 10.6. The molecule has 0 aliphatic heterocycles. The van der Waals surface area contributed by atoms with Crippen molar-refractivity contribution in [2.24, 2.45) is 11.0 Å². The van der Waals surface area contributed by atoms with Crippen LogP contribution in [0.4, 0.5) is 0 Å². The summed E-state index contributed by atoms with van der Waals surface area (Å²) in [6.07, 6.45) is 3.48. The van der Waals surface area contributed by atoms with Gasteiger partial charge in [-0.25, -0.2) is 4.79 Å². The van der Waals surface area contributed by atoms with Gasteiger partial charge in [0.25, 0.3) is 0 Å². The molecule has 1 aliphatic carbocycles. The highest BCUT2D eigenvalue weighted by Gasteiger charge is 2.32. The van der Waals surface area contributed by atoms with Crippen LogP contribution in [0.3, 0.4) is 0 Å². The first-order chi connectivity index (χ1) is 8.63. The quantitative estimate of drug-likeness (QED) is 0.247. The second-order valence-corrected chi connectivity index (χ2v) is 4.11. The van der Waals surface area contributed by atoms with Crippen molar-refractivity contribution in [2.45, 2.75) is 25.5 Å². The third-order valence-corrected chi connectivity index (χ3v) is 2.97. The van der Waals surface area contributed by atoms with Gasteiger partial charge >= 0.3 is 5.97 Å². The molecule has 0 heterocycles. The summed E-state index contributed by atoms with van der Waals surface area (Å²) in [5.41, 5.74) is 9.03. The van der Waals surface area contributed by atoms with Crippen molar-refractivity contribution in [1.82, 2.24) is 0 Å². The lowest BCUT2D eigenvalue weighted by Gasteiger charge is -2.31. The largest absolute Gasteiger partial charge is 0.466 e. The van der Waals surface area contributed by atoms with Crippen LogP contribution in [0.2, 0.25) is 0 Å². The van der Waals surface area contributed by atoms with Gasteiger partial charge in [0.1, 0.15) is 0 Å². The molecule has 2 unspecified atom stereocenters. The van der Waals surface area contributed by atoms with E-state index in [1.165, 1.54) is 7.11 Å². The second kappa shape index (κ2) is 6.83. The summed E-state index contributed by atoms with van der Waals surface area (Å²) in [6.45, 7) is 5.88. The first-order valence-corrected chi connectivity index (χ1v) is 5.69. The minimum atomic E-state index is -0.410. The van der Waals surface area contributed by atoms with Gasteiger partial charge in [0.2, 0.25) is 0 Å². The molecule has 6 heteroatoms. The molecule has 0 fully saturated rings. The van der Waals surface area contributed by atoms with Crippen molar-refractivity contribution < 1.29 is 14.3 Å². The van der Waals surface area contributed by atoms with E-state index in [1.807, 2.05) is 6.92 Å². The molecular formula is C12H17N3O3. The summed E-state index contributed by atoms with van der Waals surface area (Å²) in [7, 11) is 1.32. The van der Waals surface area contributed by atoms with E-state index in [2.05, 4.69) is 21.3 Å². The molecule has 0 N–H and O–H groups in total. The van der Waals surface area contributed by atoms with Gasteiger partial charge in [-0.05, 0) is 23.9 Å². The minimum Gasteiger partial charge on any atom is -0.466 e. The molecule has 0 aromatic rings. The Hall–Kier alpha value is -1.78. The summed E-state index contributed by atoms with van der Waals surface area (Å²) in [5, 5.41) is 3.72. The van der Waals surface area contributed by atoms with Crippen LogP contribution in [-0.2, 0) is 14.3 Å². The summed E-state index contributed by atoms with van der Waals surface area (Å²) in [6, 6.07) is -0.302. The molecular weight excluding hydrogens is 234 g/mol. The summed E-state index contributed by atoms with van der Waals surface area (Å²) in [5.74, 6) is -0.401. The maximum Gasteiger partial charge on any atom is 0.333 e. The lowest BCUT2D eigenvalue weighted by atomic mass is 9.84. The number of hydrogen-bond acceptors (Lipinski definition) is 4. The van der Waals surface area contributed by atoms with Crippen LogP contribution in [0.5, 0.6) is 0 Å². The van der Waals surface area contributed by atoms with E-state index >= 15 is 0 Å². The van der Waals surface area contributed by atoms with Gasteiger partial charge in [0, 0.05) is 16.5 Å². The van der Waals surface area contributed by atoms with Crippen molar-refractivity contribution in [3.63, 3.8) is 0 Å². The van der Waals surface area contributed by atoms with E-state index in [-0.39, 0.29) is 18.1 Å². The number of methoxy groups -OCH3 is 1. The van der Waals surface area contributed by atoms with Gasteiger partial charge < -0.3 is 9.47 Å². The van der Waals surface area contributed by atoms with Gasteiger partial charge in [-0.1, -0.05) is 18.1 Å². The van der Waals surface area contributed by atoms with E-state index in [0.29, 0.717) is 18.6 Å². The molecule has 0 aromatic heterocycles. The topological polar surface area (TPSA) is 84.3 Å². The standard InChI is InChI=1S/C12H17N3O3/c1-4-5-18-11-7-9(12(16)17-3)6-10(8(11)2)14-15-13/h4,7-8,10-11H,1,5-6H2,2-3H3/t8-,10?,11?/m0/s1. The van der Waals surface area contributed by atoms with Crippen LogP contribution in [0, 0.1) is 5.92 Å². The summed E-state index contributed by atoms with van der Waals surface area (Å²) < 4.78 is 10.2. The van der Waals surface area contributed by atoms with E-state index in [9.17, 15) is 4.79 Å². The Balaban J connectivity index is 2.94. The first-order valence-electron chi connectivity index (χ1n) is 5.69. The fraction of sp³-hybridized carbons (Fsp3) is 0.583. The van der Waals surface area contributed by atoms with Crippen molar-refractivity contribution in [3.05, 3.63) is 34.7 Å². The Kier molecular flexibility index (Phi) is 5.42. The monoisotopic (exact) mass is 251 g/mol. The molecule has 18 heavy (non-hydrogen) atoms. The Morgan fingerprint density at radius 2 is 2.50 bits per heavy atom. The van der Waals surface area contributed by atoms with Crippen LogP contribution >= 0.6 is 0 Å². The first kappa shape index (κ1) is 14.3. The van der Waals surface area contributed by atoms with E-state index < -0.39 is 5.97 Å². The Bertz CT molecular complexity index is 399. The van der Waals surface area contributed by atoms with Crippen LogP contribution in [0.15, 0.2) is 29.4 Å². The fourth-order valence-electron chi connectivity index (χ4n) is 1.92. The number of hydrogen-bond donors (Lipinski definition) is 0. The van der Waals surface area contributed by atoms with Gasteiger partial charge in [-0.3, -0.25) is 0 Å². The molecule has 0 saturated carbocycles. The Morgan fingerprint density at radius 1 is 1.78 bits per heavy atom. The summed E-state index contributed by atoms with van der Waals surface area (Å²) >= 11 is 0. The normalized spacial score (nSPS) is 26.8. The average Bonchev–Trinajstić information content (AvgIpc) is 2.39. The Morgan fingerprint density at radius 3 is 3.06 bits per heavy atom. The molecule has 0 saturated heterocycles. The van der Waals surface area contributed by atoms with E-state index in [0.717, 1.165) is 0 Å². The van der Waals surface area contributed by atoms with E-state index in [1.54, 1.807) is 12.2 Å². The highest BCUT2D eigenvalue weighted by atomic mass is 16.5. The van der Waals surface area contributed by atoms with Crippen molar-refractivity contribution in [2.75, 3.05) is 13.7 Å². The molecule has 0 aromatic carbocycles. The predicted octanol–water partition coefficient (Wildman–Crippen LogP) is 2.38. The SMILES string of the molecule is C=CCOC1C=C(C(=O)OC)CC(N=[N+]=[N-])[C@@H]1C. The third kappa shape index (κ3) is 3.35. The lowest BCUT2D eigenvalue weighted by molar-refractivity contribution is -0.136. The average molecular weight is 251 g/mol. The van der Waals surface area contributed by atoms with Crippen molar-refractivity contribution in [1.29, 1.82) is 0 Å². The molecule has 0 bridgehead atoms. The smallest absolute Gasteiger partial charge is 0.333 e. The zero-order valence-corrected chi connectivity index (χ0v) is 10.6. The number of ether oxygens (including phenoxy) is 2. The molecule has 98 valence electrons. The number of carbonyl (C=O) groups is 1. The number of carbonyl (C=O) groups excluding carboxylic acids is 1. The Labute approximate surface area is 106 Å². The molecule has 0 amide bonds. The maximum absolute atomic E-state index is 11.5. The van der Waals surface area contributed by atoms with Crippen LogP contribution in [0.1, 0.15) is 13.3 Å². The summed E-state index contributed by atoms with van der Waals surface area (Å²) in [4.78, 5) is 14.4. The minimum absolute atomic E-state index is 0.00857. The van der Waals surface area contributed by atoms with Crippen LogP contribution in [0.25, 0.3) is 10.4 Å². The van der Waals surface area contributed by atoms with Crippen LogP contribution in [-0.4, -0.2) is 31.8 Å². The lowest BCUT2D eigenvalue weighted by Crippen LogP contribution is -2.35. The van der Waals surface area contributed by atoms with Gasteiger partial charge in [-0.2, -0.15) is 0 Å². The fourth-order valence-corrected chi connectivity index (χ4v) is 1.92. The molecule has 0 spiro atoms. The highest BCUT2D eigenvalue weighted by Crippen LogP contribution is 2.29. The molecule has 3 atom stereocenters. The second-order valence-electron chi connectivity index (χ2n) is 4.11.